The van der Waals surface area contributed by atoms with Crippen LogP contribution in [0.2, 0.25) is 0 Å². The van der Waals surface area contributed by atoms with Crippen LogP contribution in [0, 0.1) is 0 Å². The molecule has 0 radical (unpaired) electrons. The second-order valence-electron chi connectivity index (χ2n) is 4.25. The van der Waals surface area contributed by atoms with Gasteiger partial charge in [-0.3, -0.25) is 4.79 Å². The van der Waals surface area contributed by atoms with Crippen molar-refractivity contribution in [1.82, 2.24) is 4.90 Å². The summed E-state index contributed by atoms with van der Waals surface area (Å²) in [5.74, 6) is -0.123. The molecule has 1 heterocycles. The van der Waals surface area contributed by atoms with E-state index < -0.39 is 15.1 Å². The van der Waals surface area contributed by atoms with Gasteiger partial charge in [-0.1, -0.05) is 6.42 Å². The van der Waals surface area contributed by atoms with E-state index in [0.29, 0.717) is 32.4 Å². The normalized spacial score (nSPS) is 24.0. The Morgan fingerprint density at radius 2 is 2.12 bits per heavy atom. The summed E-state index contributed by atoms with van der Waals surface area (Å²) in [5, 5.41) is -0.816. The molecule has 1 saturated heterocycles. The third-order valence-corrected chi connectivity index (χ3v) is 5.09. The van der Waals surface area contributed by atoms with Gasteiger partial charge in [0.2, 0.25) is 5.91 Å². The first kappa shape index (κ1) is 13.4. The summed E-state index contributed by atoms with van der Waals surface area (Å²) in [6, 6.07) is 0. The number of rotatable bonds is 4. The molecule has 1 rings (SSSR count). The van der Waals surface area contributed by atoms with Crippen molar-refractivity contribution in [2.24, 2.45) is 5.73 Å². The quantitative estimate of drug-likeness (QED) is 0.744. The molecule has 6 heteroatoms. The zero-order chi connectivity index (χ0) is 12.2. The van der Waals surface area contributed by atoms with Gasteiger partial charge in [0.15, 0.2) is 9.84 Å². The van der Waals surface area contributed by atoms with E-state index in [4.69, 9.17) is 5.73 Å². The Labute approximate surface area is 96.9 Å². The molecular formula is C10H20N2O3S. The highest BCUT2D eigenvalue weighted by Crippen LogP contribution is 2.21. The minimum absolute atomic E-state index is 0.147. The molecule has 1 fully saturated rings. The minimum atomic E-state index is -3.22. The van der Waals surface area contributed by atoms with Crippen LogP contribution in [-0.2, 0) is 14.6 Å². The largest absolute Gasteiger partial charge is 0.345 e. The van der Waals surface area contributed by atoms with Crippen molar-refractivity contribution >= 4 is 15.7 Å². The molecule has 0 saturated carbocycles. The van der Waals surface area contributed by atoms with Gasteiger partial charge < -0.3 is 10.6 Å². The highest BCUT2D eigenvalue weighted by atomic mass is 32.2. The molecule has 5 nitrogen and oxygen atoms in total. The van der Waals surface area contributed by atoms with Gasteiger partial charge in [-0.05, 0) is 25.8 Å². The number of hydrogen-bond acceptors (Lipinski definition) is 4. The lowest BCUT2D eigenvalue weighted by atomic mass is 10.1. The molecule has 1 aliphatic rings. The van der Waals surface area contributed by atoms with Crippen LogP contribution in [0.4, 0.5) is 0 Å². The molecule has 0 aliphatic carbocycles. The molecule has 2 N–H and O–H groups in total. The Morgan fingerprint density at radius 3 is 2.69 bits per heavy atom. The number of carbonyl (C=O) groups is 1. The smallest absolute Gasteiger partial charge is 0.240 e. The number of nitrogens with zero attached hydrogens (tertiary/aromatic N) is 1. The van der Waals surface area contributed by atoms with Crippen LogP contribution < -0.4 is 5.73 Å². The summed E-state index contributed by atoms with van der Waals surface area (Å²) < 4.78 is 23.5. The van der Waals surface area contributed by atoms with Crippen molar-refractivity contribution in [3.05, 3.63) is 0 Å². The Morgan fingerprint density at radius 1 is 1.44 bits per heavy atom. The van der Waals surface area contributed by atoms with E-state index in [-0.39, 0.29) is 11.7 Å². The summed E-state index contributed by atoms with van der Waals surface area (Å²) in [6.07, 6.45) is 2.67. The van der Waals surface area contributed by atoms with Gasteiger partial charge in [-0.2, -0.15) is 0 Å². The Bertz CT molecular complexity index is 340. The number of carbonyl (C=O) groups excluding carboxylic acids is 1. The maximum absolute atomic E-state index is 11.9. The third-order valence-electron chi connectivity index (χ3n) is 2.93. The summed E-state index contributed by atoms with van der Waals surface area (Å²) in [6.45, 7) is 1.04. The van der Waals surface area contributed by atoms with E-state index in [0.717, 1.165) is 6.42 Å². The maximum Gasteiger partial charge on any atom is 0.240 e. The Hall–Kier alpha value is -0.620. The van der Waals surface area contributed by atoms with E-state index >= 15 is 0 Å². The Balaban J connectivity index is 2.65. The van der Waals surface area contributed by atoms with Crippen molar-refractivity contribution in [2.45, 2.75) is 30.9 Å². The van der Waals surface area contributed by atoms with Gasteiger partial charge >= 0.3 is 0 Å². The van der Waals surface area contributed by atoms with Crippen LogP contribution in [0.15, 0.2) is 0 Å². The predicted octanol–water partition coefficient (Wildman–Crippen LogP) is -0.239. The zero-order valence-electron chi connectivity index (χ0n) is 9.68. The fourth-order valence-corrected chi connectivity index (χ4v) is 3.82. The van der Waals surface area contributed by atoms with Crippen LogP contribution in [0.5, 0.6) is 0 Å². The van der Waals surface area contributed by atoms with Gasteiger partial charge in [-0.25, -0.2) is 8.42 Å². The SMILES string of the molecule is CN(CCCN)C(=O)C1CCCCS1(=O)=O. The molecule has 0 aromatic heterocycles. The first-order valence-electron chi connectivity index (χ1n) is 5.65. The molecule has 0 spiro atoms. The molecule has 0 aromatic carbocycles. The van der Waals surface area contributed by atoms with Crippen LogP contribution in [-0.4, -0.2) is 50.4 Å². The average Bonchev–Trinajstić information content (AvgIpc) is 2.24. The number of amides is 1. The molecule has 94 valence electrons. The van der Waals surface area contributed by atoms with E-state index in [1.54, 1.807) is 7.05 Å². The number of sulfone groups is 1. The summed E-state index contributed by atoms with van der Waals surface area (Å²) in [7, 11) is -1.57. The second kappa shape index (κ2) is 5.63. The van der Waals surface area contributed by atoms with Crippen molar-refractivity contribution < 1.29 is 13.2 Å². The van der Waals surface area contributed by atoms with Crippen LogP contribution >= 0.6 is 0 Å². The first-order chi connectivity index (χ1) is 7.49. The third kappa shape index (κ3) is 3.18. The number of hydrogen-bond donors (Lipinski definition) is 1. The lowest BCUT2D eigenvalue weighted by molar-refractivity contribution is -0.129. The standard InChI is InChI=1S/C10H20N2O3S/c1-12(7-4-6-11)10(13)9-5-2-3-8-16(9,14)15/h9H,2-8,11H2,1H3. The topological polar surface area (TPSA) is 80.5 Å². The number of nitrogens with two attached hydrogens (primary N) is 1. The summed E-state index contributed by atoms with van der Waals surface area (Å²) >= 11 is 0. The van der Waals surface area contributed by atoms with Gasteiger partial charge in [0.05, 0.1) is 5.75 Å². The highest BCUT2D eigenvalue weighted by Gasteiger charge is 2.36. The lowest BCUT2D eigenvalue weighted by Gasteiger charge is -2.26. The van der Waals surface area contributed by atoms with E-state index in [2.05, 4.69) is 0 Å². The molecule has 1 amide bonds. The molecule has 1 aliphatic heterocycles. The molecule has 0 aromatic rings. The molecule has 1 unspecified atom stereocenters. The van der Waals surface area contributed by atoms with Crippen molar-refractivity contribution in [2.75, 3.05) is 25.9 Å². The predicted molar refractivity (Wildman–Crippen MR) is 62.7 cm³/mol. The first-order valence-corrected chi connectivity index (χ1v) is 7.37. The monoisotopic (exact) mass is 248 g/mol. The maximum atomic E-state index is 11.9. The lowest BCUT2D eigenvalue weighted by Crippen LogP contribution is -2.44. The zero-order valence-corrected chi connectivity index (χ0v) is 10.5. The van der Waals surface area contributed by atoms with Gasteiger partial charge in [-0.15, -0.1) is 0 Å². The second-order valence-corrected chi connectivity index (χ2v) is 6.56. The van der Waals surface area contributed by atoms with Crippen LogP contribution in [0.3, 0.4) is 0 Å². The van der Waals surface area contributed by atoms with E-state index in [1.807, 2.05) is 0 Å². The van der Waals surface area contributed by atoms with E-state index in [9.17, 15) is 13.2 Å². The van der Waals surface area contributed by atoms with Crippen LogP contribution in [0.25, 0.3) is 0 Å². The molecule has 0 bridgehead atoms. The van der Waals surface area contributed by atoms with Crippen molar-refractivity contribution in [3.8, 4) is 0 Å². The van der Waals surface area contributed by atoms with Crippen LogP contribution in [0.1, 0.15) is 25.7 Å². The molecule has 16 heavy (non-hydrogen) atoms. The van der Waals surface area contributed by atoms with Gasteiger partial charge in [0.25, 0.3) is 0 Å². The average molecular weight is 248 g/mol. The highest BCUT2D eigenvalue weighted by molar-refractivity contribution is 7.92. The van der Waals surface area contributed by atoms with Gasteiger partial charge in [0.1, 0.15) is 5.25 Å². The van der Waals surface area contributed by atoms with Gasteiger partial charge in [0, 0.05) is 13.6 Å². The summed E-state index contributed by atoms with van der Waals surface area (Å²) in [4.78, 5) is 13.4. The fraction of sp³-hybridized carbons (Fsp3) is 0.900. The molecular weight excluding hydrogens is 228 g/mol. The van der Waals surface area contributed by atoms with E-state index in [1.165, 1.54) is 4.90 Å². The minimum Gasteiger partial charge on any atom is -0.345 e. The summed E-state index contributed by atoms with van der Waals surface area (Å²) in [5.41, 5.74) is 5.35. The van der Waals surface area contributed by atoms with Crippen molar-refractivity contribution in [1.29, 1.82) is 0 Å². The molecule has 1 atom stereocenters. The Kier molecular flexibility index (Phi) is 4.73. The van der Waals surface area contributed by atoms with Crippen molar-refractivity contribution in [3.63, 3.8) is 0 Å². The fourth-order valence-electron chi connectivity index (χ4n) is 1.92.